The summed E-state index contributed by atoms with van der Waals surface area (Å²) in [4.78, 5) is 2.25. The van der Waals surface area contributed by atoms with Crippen LogP contribution in [0, 0.1) is 5.82 Å². The quantitative estimate of drug-likeness (QED) is 0.840. The minimum Gasteiger partial charge on any atom is -0.384 e. The summed E-state index contributed by atoms with van der Waals surface area (Å²) in [6.07, 6.45) is 0. The molecule has 2 aromatic rings. The molecule has 0 bridgehead atoms. The monoisotopic (exact) mass is 306 g/mol. The van der Waals surface area contributed by atoms with Gasteiger partial charge in [-0.25, -0.2) is 4.39 Å². The molecule has 0 aliphatic rings. The van der Waals surface area contributed by atoms with Gasteiger partial charge in [0.1, 0.15) is 5.82 Å². The fourth-order valence-corrected chi connectivity index (χ4v) is 2.36. The fourth-order valence-electron chi connectivity index (χ4n) is 2.16. The molecule has 0 aliphatic heterocycles. The van der Waals surface area contributed by atoms with E-state index in [0.717, 1.165) is 23.8 Å². The van der Waals surface area contributed by atoms with E-state index >= 15 is 0 Å². The Bertz CT molecular complexity index is 571. The smallest absolute Gasteiger partial charge is 0.123 e. The maximum atomic E-state index is 12.8. The molecule has 0 amide bonds. The lowest BCUT2D eigenvalue weighted by Crippen LogP contribution is -2.28. The lowest BCUT2D eigenvalue weighted by atomic mass is 10.1. The second kappa shape index (κ2) is 7.43. The van der Waals surface area contributed by atoms with Crippen molar-refractivity contribution in [3.8, 4) is 0 Å². The molecular formula is C17H20ClFN2. The van der Waals surface area contributed by atoms with Crippen molar-refractivity contribution in [1.82, 2.24) is 4.90 Å². The van der Waals surface area contributed by atoms with E-state index in [2.05, 4.69) is 30.3 Å². The number of nitrogens with zero attached hydrogens (tertiary/aromatic N) is 1. The maximum absolute atomic E-state index is 12.8. The van der Waals surface area contributed by atoms with Gasteiger partial charge in [0.15, 0.2) is 0 Å². The van der Waals surface area contributed by atoms with E-state index in [-0.39, 0.29) is 5.82 Å². The third kappa shape index (κ3) is 4.73. The summed E-state index contributed by atoms with van der Waals surface area (Å²) in [6, 6.07) is 14.6. The van der Waals surface area contributed by atoms with E-state index in [0.29, 0.717) is 6.04 Å². The van der Waals surface area contributed by atoms with Gasteiger partial charge >= 0.3 is 0 Å². The van der Waals surface area contributed by atoms with E-state index in [1.807, 2.05) is 18.2 Å². The largest absolute Gasteiger partial charge is 0.384 e. The highest BCUT2D eigenvalue weighted by atomic mass is 35.5. The molecule has 2 aromatic carbocycles. The first kappa shape index (κ1) is 15.8. The number of benzene rings is 2. The summed E-state index contributed by atoms with van der Waals surface area (Å²) < 4.78 is 12.8. The van der Waals surface area contributed by atoms with Crippen molar-refractivity contribution in [2.75, 3.05) is 25.5 Å². The van der Waals surface area contributed by atoms with Gasteiger partial charge in [0.25, 0.3) is 0 Å². The Morgan fingerprint density at radius 2 is 1.90 bits per heavy atom. The van der Waals surface area contributed by atoms with E-state index in [9.17, 15) is 4.39 Å². The van der Waals surface area contributed by atoms with Crippen LogP contribution in [-0.4, -0.2) is 25.0 Å². The number of hydrogen-bond acceptors (Lipinski definition) is 2. The molecule has 1 atom stereocenters. The maximum Gasteiger partial charge on any atom is 0.123 e. The summed E-state index contributed by atoms with van der Waals surface area (Å²) in [5, 5.41) is 4.05. The number of likely N-dealkylation sites (N-methyl/N-ethyl adjacent to an activating group) is 1. The predicted octanol–water partition coefficient (Wildman–Crippen LogP) is 4.58. The Kier molecular flexibility index (Phi) is 5.59. The van der Waals surface area contributed by atoms with Crippen LogP contribution in [0.2, 0.25) is 5.02 Å². The molecular weight excluding hydrogens is 287 g/mol. The highest BCUT2D eigenvalue weighted by Crippen LogP contribution is 2.21. The van der Waals surface area contributed by atoms with Crippen LogP contribution in [-0.2, 0) is 0 Å². The minimum atomic E-state index is -0.216. The average molecular weight is 307 g/mol. The van der Waals surface area contributed by atoms with E-state index in [1.54, 1.807) is 12.1 Å². The Morgan fingerprint density at radius 3 is 2.57 bits per heavy atom. The van der Waals surface area contributed by atoms with Gasteiger partial charge in [-0.15, -0.1) is 0 Å². The SMILES string of the molecule is CC(c1cccc(Cl)c1)N(C)CCNc1ccc(F)cc1. The first-order valence-corrected chi connectivity index (χ1v) is 7.39. The van der Waals surface area contributed by atoms with Crippen molar-refractivity contribution in [3.05, 3.63) is 64.9 Å². The number of rotatable bonds is 6. The molecule has 0 aliphatic carbocycles. The Labute approximate surface area is 130 Å². The standard InChI is InChI=1S/C17H20ClFN2/c1-13(14-4-3-5-15(18)12-14)21(2)11-10-20-17-8-6-16(19)7-9-17/h3-9,12-13,20H,10-11H2,1-2H3. The highest BCUT2D eigenvalue weighted by molar-refractivity contribution is 6.30. The van der Waals surface area contributed by atoms with E-state index in [4.69, 9.17) is 11.6 Å². The second-order valence-electron chi connectivity index (χ2n) is 5.15. The van der Waals surface area contributed by atoms with Gasteiger partial charge in [-0.3, -0.25) is 4.90 Å². The van der Waals surface area contributed by atoms with Crippen molar-refractivity contribution in [1.29, 1.82) is 0 Å². The van der Waals surface area contributed by atoms with Crippen LogP contribution >= 0.6 is 11.6 Å². The molecule has 2 nitrogen and oxygen atoms in total. The van der Waals surface area contributed by atoms with Crippen molar-refractivity contribution in [3.63, 3.8) is 0 Å². The fraction of sp³-hybridized carbons (Fsp3) is 0.294. The summed E-state index contributed by atoms with van der Waals surface area (Å²) >= 11 is 6.03. The number of nitrogens with one attached hydrogen (secondary N) is 1. The molecule has 21 heavy (non-hydrogen) atoms. The molecule has 2 rings (SSSR count). The molecule has 4 heteroatoms. The second-order valence-corrected chi connectivity index (χ2v) is 5.58. The predicted molar refractivity (Wildman–Crippen MR) is 87.4 cm³/mol. The van der Waals surface area contributed by atoms with Crippen LogP contribution in [0.25, 0.3) is 0 Å². The third-order valence-electron chi connectivity index (χ3n) is 3.63. The first-order chi connectivity index (χ1) is 10.1. The Balaban J connectivity index is 1.84. The van der Waals surface area contributed by atoms with Gasteiger partial charge in [-0.2, -0.15) is 0 Å². The summed E-state index contributed by atoms with van der Waals surface area (Å²) in [7, 11) is 2.08. The van der Waals surface area contributed by atoms with Crippen molar-refractivity contribution in [2.45, 2.75) is 13.0 Å². The molecule has 0 fully saturated rings. The van der Waals surface area contributed by atoms with Crippen LogP contribution < -0.4 is 5.32 Å². The van der Waals surface area contributed by atoms with Crippen molar-refractivity contribution >= 4 is 17.3 Å². The van der Waals surface area contributed by atoms with Gasteiger partial charge in [-0.05, 0) is 55.9 Å². The van der Waals surface area contributed by atoms with Crippen LogP contribution in [0.3, 0.4) is 0 Å². The van der Waals surface area contributed by atoms with Crippen LogP contribution in [0.15, 0.2) is 48.5 Å². The van der Waals surface area contributed by atoms with Gasteiger partial charge in [0.05, 0.1) is 0 Å². The van der Waals surface area contributed by atoms with Crippen molar-refractivity contribution < 1.29 is 4.39 Å². The Morgan fingerprint density at radius 1 is 1.19 bits per heavy atom. The molecule has 0 aromatic heterocycles. The Hall–Kier alpha value is -1.58. The topological polar surface area (TPSA) is 15.3 Å². The lowest BCUT2D eigenvalue weighted by Gasteiger charge is -2.25. The lowest BCUT2D eigenvalue weighted by molar-refractivity contribution is 0.271. The first-order valence-electron chi connectivity index (χ1n) is 7.01. The molecule has 1 unspecified atom stereocenters. The molecule has 0 spiro atoms. The molecule has 0 saturated heterocycles. The zero-order valence-electron chi connectivity index (χ0n) is 12.3. The molecule has 112 valence electrons. The summed E-state index contributed by atoms with van der Waals surface area (Å²) in [5.41, 5.74) is 2.13. The molecule has 1 N–H and O–H groups in total. The molecule has 0 heterocycles. The third-order valence-corrected chi connectivity index (χ3v) is 3.87. The van der Waals surface area contributed by atoms with Gasteiger partial charge < -0.3 is 5.32 Å². The average Bonchev–Trinajstić information content (AvgIpc) is 2.48. The van der Waals surface area contributed by atoms with Crippen LogP contribution in [0.4, 0.5) is 10.1 Å². The van der Waals surface area contributed by atoms with Gasteiger partial charge in [-0.1, -0.05) is 23.7 Å². The van der Waals surface area contributed by atoms with Gasteiger partial charge in [0.2, 0.25) is 0 Å². The van der Waals surface area contributed by atoms with E-state index in [1.165, 1.54) is 17.7 Å². The highest BCUT2D eigenvalue weighted by Gasteiger charge is 2.11. The summed E-state index contributed by atoms with van der Waals surface area (Å²) in [6.45, 7) is 3.83. The number of halogens is 2. The zero-order chi connectivity index (χ0) is 15.2. The molecule has 0 saturated carbocycles. The normalized spacial score (nSPS) is 12.4. The van der Waals surface area contributed by atoms with Crippen molar-refractivity contribution in [2.24, 2.45) is 0 Å². The van der Waals surface area contributed by atoms with E-state index < -0.39 is 0 Å². The minimum absolute atomic E-state index is 0.216. The number of hydrogen-bond donors (Lipinski definition) is 1. The number of anilines is 1. The van der Waals surface area contributed by atoms with Crippen LogP contribution in [0.1, 0.15) is 18.5 Å². The van der Waals surface area contributed by atoms with Gasteiger partial charge in [0, 0.05) is 29.8 Å². The van der Waals surface area contributed by atoms with Crippen LogP contribution in [0.5, 0.6) is 0 Å². The zero-order valence-corrected chi connectivity index (χ0v) is 13.1. The molecule has 0 radical (unpaired) electrons. The summed E-state index contributed by atoms with van der Waals surface area (Å²) in [5.74, 6) is -0.216.